The largest absolute Gasteiger partial charge is 0.370 e. The molecule has 1 aromatic carbocycles. The van der Waals surface area contributed by atoms with Crippen LogP contribution in [0.5, 0.6) is 0 Å². The molecule has 4 N–H and O–H groups in total. The van der Waals surface area contributed by atoms with Gasteiger partial charge in [-0.05, 0) is 50.5 Å². The number of fused-ring (bicyclic) bond motifs is 1. The minimum atomic E-state index is -0.458. The van der Waals surface area contributed by atoms with Gasteiger partial charge in [0.15, 0.2) is 5.96 Å². The average Bonchev–Trinajstić information content (AvgIpc) is 3.50. The van der Waals surface area contributed by atoms with E-state index in [4.69, 9.17) is 17.3 Å². The molecule has 0 bridgehead atoms. The first-order chi connectivity index (χ1) is 14.3. The zero-order valence-electron chi connectivity index (χ0n) is 17.5. The van der Waals surface area contributed by atoms with Gasteiger partial charge in [0.25, 0.3) is 5.56 Å². The number of nitrogens with two attached hydrogens (primary N) is 1. The summed E-state index contributed by atoms with van der Waals surface area (Å²) in [5.74, 6) is 0.249. The van der Waals surface area contributed by atoms with Gasteiger partial charge in [0.05, 0.1) is 12.6 Å². The molecule has 1 aliphatic carbocycles. The van der Waals surface area contributed by atoms with Gasteiger partial charge < -0.3 is 20.9 Å². The molecule has 0 saturated heterocycles. The summed E-state index contributed by atoms with van der Waals surface area (Å²) < 4.78 is 0. The van der Waals surface area contributed by atoms with Crippen molar-refractivity contribution < 1.29 is 4.79 Å². The number of amides is 1. The van der Waals surface area contributed by atoms with Gasteiger partial charge in [-0.25, -0.2) is 4.99 Å². The lowest BCUT2D eigenvalue weighted by atomic mass is 10.1. The number of nitrogens with one attached hydrogen (secondary N) is 2. The van der Waals surface area contributed by atoms with Crippen molar-refractivity contribution in [1.82, 2.24) is 15.2 Å². The Hall–Kier alpha value is -2.80. The van der Waals surface area contributed by atoms with E-state index in [-0.39, 0.29) is 17.4 Å². The lowest BCUT2D eigenvalue weighted by Crippen LogP contribution is -2.40. The standard InChI is InChI=1S/C22H28ClN5O2/c1-4-5-17(12-28(14(3)29)18-7-8-18)26-22(24)25-13(2)19-11-15-10-16(23)6-9-20(15)27-21(19)30/h5-6,9-11,13,18H,4,7-8,12H2,1-3H3,(H,27,30)(H3,24,25,26)/b17-5-/t13-/m0/s1. The third kappa shape index (κ3) is 5.42. The zero-order valence-corrected chi connectivity index (χ0v) is 18.3. The van der Waals surface area contributed by atoms with Crippen molar-refractivity contribution in [2.45, 2.75) is 52.1 Å². The molecule has 0 spiro atoms. The predicted molar refractivity (Wildman–Crippen MR) is 122 cm³/mol. The van der Waals surface area contributed by atoms with Crippen LogP contribution in [0.15, 0.2) is 45.8 Å². The number of carbonyl (C=O) groups is 1. The first kappa shape index (κ1) is 21.9. The quantitative estimate of drug-likeness (QED) is 0.463. The first-order valence-electron chi connectivity index (χ1n) is 10.2. The van der Waals surface area contributed by atoms with Crippen molar-refractivity contribution in [1.29, 1.82) is 0 Å². The highest BCUT2D eigenvalue weighted by Crippen LogP contribution is 2.27. The van der Waals surface area contributed by atoms with Crippen molar-refractivity contribution in [3.8, 4) is 0 Å². The minimum absolute atomic E-state index is 0.0477. The first-order valence-corrected chi connectivity index (χ1v) is 10.5. The molecular formula is C22H28ClN5O2. The molecule has 0 aliphatic heterocycles. The summed E-state index contributed by atoms with van der Waals surface area (Å²) in [4.78, 5) is 33.6. The molecular weight excluding hydrogens is 402 g/mol. The lowest BCUT2D eigenvalue weighted by Gasteiger charge is -2.23. The van der Waals surface area contributed by atoms with Gasteiger partial charge in [-0.2, -0.15) is 0 Å². The smallest absolute Gasteiger partial charge is 0.253 e. The maximum absolute atomic E-state index is 12.5. The number of allylic oxidation sites excluding steroid dienone is 1. The Balaban J connectivity index is 1.78. The molecule has 1 amide bonds. The molecule has 1 aliphatic rings. The number of hydrogen-bond donors (Lipinski definition) is 3. The van der Waals surface area contributed by atoms with Gasteiger partial charge in [0.2, 0.25) is 5.91 Å². The molecule has 1 saturated carbocycles. The molecule has 1 aromatic heterocycles. The summed E-state index contributed by atoms with van der Waals surface area (Å²) in [5, 5.41) is 4.54. The average molecular weight is 430 g/mol. The Morgan fingerprint density at radius 2 is 2.17 bits per heavy atom. The van der Waals surface area contributed by atoms with E-state index in [0.717, 1.165) is 30.3 Å². The topological polar surface area (TPSA) is 104 Å². The Morgan fingerprint density at radius 1 is 1.43 bits per heavy atom. The van der Waals surface area contributed by atoms with Crippen LogP contribution in [0.2, 0.25) is 5.02 Å². The van der Waals surface area contributed by atoms with Crippen LogP contribution in [-0.4, -0.2) is 34.3 Å². The molecule has 0 unspecified atom stereocenters. The van der Waals surface area contributed by atoms with E-state index in [2.05, 4.69) is 15.3 Å². The second-order valence-electron chi connectivity index (χ2n) is 7.62. The Labute approximate surface area is 181 Å². The number of rotatable bonds is 7. The van der Waals surface area contributed by atoms with Crippen LogP contribution in [-0.2, 0) is 4.79 Å². The van der Waals surface area contributed by atoms with Crippen LogP contribution in [0.1, 0.15) is 51.6 Å². The van der Waals surface area contributed by atoms with Gasteiger partial charge >= 0.3 is 0 Å². The molecule has 0 radical (unpaired) electrons. The third-order valence-corrected chi connectivity index (χ3v) is 5.32. The Kier molecular flexibility index (Phi) is 6.82. The van der Waals surface area contributed by atoms with Gasteiger partial charge in [0, 0.05) is 40.2 Å². The number of aromatic nitrogens is 1. The molecule has 3 rings (SSSR count). The van der Waals surface area contributed by atoms with Crippen LogP contribution in [0.25, 0.3) is 10.9 Å². The van der Waals surface area contributed by atoms with Crippen molar-refractivity contribution in [2.24, 2.45) is 10.7 Å². The predicted octanol–water partition coefficient (Wildman–Crippen LogP) is 3.45. The number of aromatic amines is 1. The SMILES string of the molecule is CC/C=C(/CN(C(C)=O)C1CC1)NC(N)=N[C@@H](C)c1cc2cc(Cl)ccc2[nH]c1=O. The van der Waals surface area contributed by atoms with E-state index >= 15 is 0 Å². The highest BCUT2D eigenvalue weighted by molar-refractivity contribution is 6.31. The van der Waals surface area contributed by atoms with Gasteiger partial charge in [0.1, 0.15) is 0 Å². The van der Waals surface area contributed by atoms with Crippen LogP contribution >= 0.6 is 11.6 Å². The Morgan fingerprint density at radius 3 is 2.80 bits per heavy atom. The monoisotopic (exact) mass is 429 g/mol. The van der Waals surface area contributed by atoms with Gasteiger partial charge in [-0.15, -0.1) is 0 Å². The second kappa shape index (κ2) is 9.34. The van der Waals surface area contributed by atoms with Crippen LogP contribution in [0.3, 0.4) is 0 Å². The normalized spacial score (nSPS) is 15.9. The van der Waals surface area contributed by atoms with E-state index < -0.39 is 6.04 Å². The summed E-state index contributed by atoms with van der Waals surface area (Å²) >= 11 is 6.07. The number of carbonyl (C=O) groups excluding carboxylic acids is 1. The molecule has 1 fully saturated rings. The molecule has 2 aromatic rings. The molecule has 30 heavy (non-hydrogen) atoms. The van der Waals surface area contributed by atoms with Crippen molar-refractivity contribution >= 4 is 34.4 Å². The van der Waals surface area contributed by atoms with E-state index in [1.54, 1.807) is 31.2 Å². The number of hydrogen-bond acceptors (Lipinski definition) is 3. The van der Waals surface area contributed by atoms with Crippen molar-refractivity contribution in [3.63, 3.8) is 0 Å². The fourth-order valence-electron chi connectivity index (χ4n) is 3.45. The number of H-pyrrole nitrogens is 1. The highest BCUT2D eigenvalue weighted by atomic mass is 35.5. The van der Waals surface area contributed by atoms with E-state index in [1.807, 2.05) is 24.8 Å². The van der Waals surface area contributed by atoms with Crippen molar-refractivity contribution in [2.75, 3.05) is 6.54 Å². The number of benzene rings is 1. The summed E-state index contributed by atoms with van der Waals surface area (Å²) in [6, 6.07) is 6.94. The number of guanidine groups is 1. The molecule has 1 heterocycles. The van der Waals surface area contributed by atoms with E-state index in [0.29, 0.717) is 28.7 Å². The maximum Gasteiger partial charge on any atom is 0.253 e. The number of halogens is 1. The second-order valence-corrected chi connectivity index (χ2v) is 8.05. The lowest BCUT2D eigenvalue weighted by molar-refractivity contribution is -0.129. The zero-order chi connectivity index (χ0) is 21.8. The summed E-state index contributed by atoms with van der Waals surface area (Å²) in [7, 11) is 0. The van der Waals surface area contributed by atoms with E-state index in [9.17, 15) is 9.59 Å². The highest BCUT2D eigenvalue weighted by Gasteiger charge is 2.31. The van der Waals surface area contributed by atoms with Gasteiger partial charge in [-0.1, -0.05) is 24.6 Å². The fraction of sp³-hybridized carbons (Fsp3) is 0.409. The number of nitrogens with zero attached hydrogens (tertiary/aromatic N) is 2. The summed E-state index contributed by atoms with van der Waals surface area (Å²) in [6.45, 7) is 5.88. The minimum Gasteiger partial charge on any atom is -0.370 e. The number of pyridine rings is 1. The van der Waals surface area contributed by atoms with Crippen LogP contribution < -0.4 is 16.6 Å². The van der Waals surface area contributed by atoms with Crippen LogP contribution in [0.4, 0.5) is 0 Å². The van der Waals surface area contributed by atoms with Crippen LogP contribution in [0, 0.1) is 0 Å². The molecule has 8 heteroatoms. The molecule has 7 nitrogen and oxygen atoms in total. The third-order valence-electron chi connectivity index (χ3n) is 5.09. The fourth-order valence-corrected chi connectivity index (χ4v) is 3.63. The van der Waals surface area contributed by atoms with Gasteiger partial charge in [-0.3, -0.25) is 9.59 Å². The van der Waals surface area contributed by atoms with E-state index in [1.165, 1.54) is 0 Å². The maximum atomic E-state index is 12.5. The number of aliphatic imine (C=N–C) groups is 1. The molecule has 160 valence electrons. The van der Waals surface area contributed by atoms with Crippen molar-refractivity contribution in [3.05, 3.63) is 57.0 Å². The summed E-state index contributed by atoms with van der Waals surface area (Å²) in [5.41, 5.74) is 7.96. The summed E-state index contributed by atoms with van der Waals surface area (Å²) in [6.07, 6.45) is 4.87. The molecule has 1 atom stereocenters. The Bertz CT molecular complexity index is 1060.